The van der Waals surface area contributed by atoms with Gasteiger partial charge in [-0.05, 0) is 36.2 Å². The number of hydrogen-bond acceptors (Lipinski definition) is 5. The van der Waals surface area contributed by atoms with Gasteiger partial charge in [0.05, 0.1) is 11.6 Å². The van der Waals surface area contributed by atoms with Crippen LogP contribution in [0.25, 0.3) is 11.3 Å². The molecule has 0 bridgehead atoms. The number of benzene rings is 2. The van der Waals surface area contributed by atoms with Crippen LogP contribution in [0.2, 0.25) is 0 Å². The van der Waals surface area contributed by atoms with E-state index in [9.17, 15) is 13.2 Å². The SMILES string of the molecule is CC[C@H](C(=O)Nc1cccc(-c2ccc(S(C)(=O)=O)nn2)c1)c1ccccc1. The summed E-state index contributed by atoms with van der Waals surface area (Å²) in [6.45, 7) is 1.98. The van der Waals surface area contributed by atoms with Crippen molar-refractivity contribution in [2.75, 3.05) is 11.6 Å². The molecule has 7 heteroatoms. The predicted octanol–water partition coefficient (Wildman–Crippen LogP) is 3.68. The first-order valence-electron chi connectivity index (χ1n) is 8.88. The van der Waals surface area contributed by atoms with E-state index < -0.39 is 9.84 Å². The van der Waals surface area contributed by atoms with Gasteiger partial charge in [0.2, 0.25) is 5.91 Å². The van der Waals surface area contributed by atoms with Gasteiger partial charge in [-0.25, -0.2) is 8.42 Å². The van der Waals surface area contributed by atoms with Gasteiger partial charge in [0.1, 0.15) is 0 Å². The molecule has 0 aliphatic heterocycles. The second-order valence-electron chi connectivity index (χ2n) is 6.47. The molecule has 0 saturated heterocycles. The molecule has 0 aliphatic rings. The number of anilines is 1. The van der Waals surface area contributed by atoms with Crippen molar-refractivity contribution in [3.05, 3.63) is 72.3 Å². The van der Waals surface area contributed by atoms with Crippen LogP contribution >= 0.6 is 0 Å². The summed E-state index contributed by atoms with van der Waals surface area (Å²) in [5.74, 6) is -0.317. The number of aromatic nitrogens is 2. The Labute approximate surface area is 164 Å². The van der Waals surface area contributed by atoms with E-state index in [0.717, 1.165) is 17.4 Å². The summed E-state index contributed by atoms with van der Waals surface area (Å²) in [6, 6.07) is 19.9. The van der Waals surface area contributed by atoms with E-state index in [0.29, 0.717) is 17.8 Å². The molecular weight excluding hydrogens is 374 g/mol. The van der Waals surface area contributed by atoms with E-state index in [1.54, 1.807) is 24.3 Å². The summed E-state index contributed by atoms with van der Waals surface area (Å²) in [5.41, 5.74) is 2.88. The maximum Gasteiger partial charge on any atom is 0.231 e. The van der Waals surface area contributed by atoms with Crippen LogP contribution < -0.4 is 5.32 Å². The molecule has 1 heterocycles. The molecule has 2 aromatic carbocycles. The molecule has 6 nitrogen and oxygen atoms in total. The van der Waals surface area contributed by atoms with Crippen molar-refractivity contribution >= 4 is 21.4 Å². The molecular formula is C21H21N3O3S. The molecule has 0 saturated carbocycles. The standard InChI is InChI=1S/C21H21N3O3S/c1-3-18(15-8-5-4-6-9-15)21(25)22-17-11-7-10-16(14-17)19-12-13-20(24-23-19)28(2,26)27/h4-14,18H,3H2,1-2H3,(H,22,25)/t18-/m0/s1. The van der Waals surface area contributed by atoms with E-state index in [1.807, 2.05) is 43.3 Å². The van der Waals surface area contributed by atoms with Gasteiger partial charge >= 0.3 is 0 Å². The van der Waals surface area contributed by atoms with E-state index in [2.05, 4.69) is 15.5 Å². The molecule has 3 rings (SSSR count). The molecule has 0 unspecified atom stereocenters. The van der Waals surface area contributed by atoms with Crippen LogP contribution in [-0.2, 0) is 14.6 Å². The van der Waals surface area contributed by atoms with Gasteiger partial charge in [-0.3, -0.25) is 4.79 Å². The van der Waals surface area contributed by atoms with Crippen molar-refractivity contribution in [1.29, 1.82) is 0 Å². The number of hydrogen-bond donors (Lipinski definition) is 1. The second kappa shape index (κ2) is 8.31. The van der Waals surface area contributed by atoms with Crippen LogP contribution in [0.5, 0.6) is 0 Å². The fourth-order valence-corrected chi connectivity index (χ4v) is 3.42. The molecule has 1 amide bonds. The largest absolute Gasteiger partial charge is 0.326 e. The highest BCUT2D eigenvalue weighted by Gasteiger charge is 2.18. The molecule has 0 fully saturated rings. The molecule has 144 valence electrons. The summed E-state index contributed by atoms with van der Waals surface area (Å²) in [6.07, 6.45) is 1.78. The first kappa shape index (κ1) is 19.7. The Kier molecular flexibility index (Phi) is 5.84. The van der Waals surface area contributed by atoms with Gasteiger partial charge in [-0.1, -0.05) is 49.4 Å². The highest BCUT2D eigenvalue weighted by atomic mass is 32.2. The summed E-state index contributed by atoms with van der Waals surface area (Å²) >= 11 is 0. The minimum atomic E-state index is -3.40. The Morgan fingerprint density at radius 2 is 1.75 bits per heavy atom. The maximum atomic E-state index is 12.7. The van der Waals surface area contributed by atoms with Crippen LogP contribution in [0.15, 0.2) is 71.8 Å². The highest BCUT2D eigenvalue weighted by Crippen LogP contribution is 2.24. The van der Waals surface area contributed by atoms with Crippen LogP contribution in [0.4, 0.5) is 5.69 Å². The number of carbonyl (C=O) groups is 1. The number of nitrogens with zero attached hydrogens (tertiary/aromatic N) is 2. The molecule has 0 radical (unpaired) electrons. The Balaban J connectivity index is 1.80. The maximum absolute atomic E-state index is 12.7. The third kappa shape index (κ3) is 4.61. The monoisotopic (exact) mass is 395 g/mol. The Bertz CT molecular complexity index is 1070. The number of carbonyl (C=O) groups excluding carboxylic acids is 1. The lowest BCUT2D eigenvalue weighted by atomic mass is 9.95. The van der Waals surface area contributed by atoms with Crippen molar-refractivity contribution < 1.29 is 13.2 Å². The zero-order valence-corrected chi connectivity index (χ0v) is 16.5. The van der Waals surface area contributed by atoms with Crippen molar-refractivity contribution in [3.8, 4) is 11.3 Å². The van der Waals surface area contributed by atoms with Crippen LogP contribution in [0.3, 0.4) is 0 Å². The molecule has 28 heavy (non-hydrogen) atoms. The molecule has 3 aromatic rings. The second-order valence-corrected chi connectivity index (χ2v) is 8.43. The zero-order valence-electron chi connectivity index (χ0n) is 15.7. The Morgan fingerprint density at radius 3 is 2.36 bits per heavy atom. The average molecular weight is 395 g/mol. The predicted molar refractivity (Wildman–Crippen MR) is 109 cm³/mol. The molecule has 1 N–H and O–H groups in total. The zero-order chi connectivity index (χ0) is 20.1. The van der Waals surface area contributed by atoms with Crippen molar-refractivity contribution in [1.82, 2.24) is 10.2 Å². The third-order valence-electron chi connectivity index (χ3n) is 4.37. The minimum absolute atomic E-state index is 0.0747. The fraction of sp³-hybridized carbons (Fsp3) is 0.190. The lowest BCUT2D eigenvalue weighted by Gasteiger charge is -2.16. The quantitative estimate of drug-likeness (QED) is 0.688. The summed E-state index contributed by atoms with van der Waals surface area (Å²) in [4.78, 5) is 12.7. The van der Waals surface area contributed by atoms with Gasteiger partial charge in [-0.2, -0.15) is 0 Å². The molecule has 0 spiro atoms. The topological polar surface area (TPSA) is 89.0 Å². The summed E-state index contributed by atoms with van der Waals surface area (Å²) < 4.78 is 23.0. The van der Waals surface area contributed by atoms with Crippen LogP contribution in [-0.4, -0.2) is 30.8 Å². The minimum Gasteiger partial charge on any atom is -0.326 e. The van der Waals surface area contributed by atoms with Crippen molar-refractivity contribution in [2.24, 2.45) is 0 Å². The number of nitrogens with one attached hydrogen (secondary N) is 1. The van der Waals surface area contributed by atoms with Crippen LogP contribution in [0, 0.1) is 0 Å². The molecule has 0 aliphatic carbocycles. The van der Waals surface area contributed by atoms with Gasteiger partial charge in [0.25, 0.3) is 0 Å². The molecule has 1 atom stereocenters. The number of amides is 1. The van der Waals surface area contributed by atoms with E-state index in [-0.39, 0.29) is 16.9 Å². The van der Waals surface area contributed by atoms with E-state index in [1.165, 1.54) is 6.07 Å². The van der Waals surface area contributed by atoms with Gasteiger partial charge in [0.15, 0.2) is 14.9 Å². The number of sulfone groups is 1. The summed E-state index contributed by atoms with van der Waals surface area (Å²) in [5, 5.41) is 10.6. The fourth-order valence-electron chi connectivity index (χ4n) is 2.92. The Hall–Kier alpha value is -3.06. The first-order chi connectivity index (χ1) is 13.4. The third-order valence-corrected chi connectivity index (χ3v) is 5.35. The van der Waals surface area contributed by atoms with Crippen molar-refractivity contribution in [3.63, 3.8) is 0 Å². The Morgan fingerprint density at radius 1 is 1.00 bits per heavy atom. The van der Waals surface area contributed by atoms with Gasteiger partial charge in [0, 0.05) is 17.5 Å². The lowest BCUT2D eigenvalue weighted by Crippen LogP contribution is -2.20. The van der Waals surface area contributed by atoms with Crippen molar-refractivity contribution in [2.45, 2.75) is 24.3 Å². The van der Waals surface area contributed by atoms with E-state index >= 15 is 0 Å². The van der Waals surface area contributed by atoms with Crippen LogP contribution in [0.1, 0.15) is 24.8 Å². The number of rotatable bonds is 6. The van der Waals surface area contributed by atoms with Gasteiger partial charge in [-0.15, -0.1) is 10.2 Å². The lowest BCUT2D eigenvalue weighted by molar-refractivity contribution is -0.117. The normalized spacial score (nSPS) is 12.4. The first-order valence-corrected chi connectivity index (χ1v) is 10.8. The average Bonchev–Trinajstić information content (AvgIpc) is 2.69. The smallest absolute Gasteiger partial charge is 0.231 e. The van der Waals surface area contributed by atoms with Gasteiger partial charge < -0.3 is 5.32 Å². The summed E-state index contributed by atoms with van der Waals surface area (Å²) in [7, 11) is -3.40. The molecule has 1 aromatic heterocycles. The van der Waals surface area contributed by atoms with E-state index in [4.69, 9.17) is 0 Å². The highest BCUT2D eigenvalue weighted by molar-refractivity contribution is 7.90.